The first kappa shape index (κ1) is 14.6. The van der Waals surface area contributed by atoms with E-state index in [0.29, 0.717) is 25.4 Å². The highest BCUT2D eigenvalue weighted by Gasteiger charge is 2.24. The van der Waals surface area contributed by atoms with Crippen molar-refractivity contribution in [3.63, 3.8) is 0 Å². The molecule has 1 saturated heterocycles. The molecule has 1 heterocycles. The number of amides is 1. The van der Waals surface area contributed by atoms with Gasteiger partial charge in [0.2, 0.25) is 0 Å². The van der Waals surface area contributed by atoms with Crippen LogP contribution in [0.1, 0.15) is 10.4 Å². The van der Waals surface area contributed by atoms with Crippen molar-refractivity contribution in [2.45, 2.75) is 0 Å². The largest absolute Gasteiger partial charge is 0.507 e. The number of β-amino-alcohol motifs (C(OH)–C–C–N with tert-alkyl or cyclic N) is 1. The van der Waals surface area contributed by atoms with Gasteiger partial charge in [-0.15, -0.1) is 0 Å². The molecule has 1 aliphatic heterocycles. The minimum absolute atomic E-state index is 0.0337. The molecule has 0 aliphatic carbocycles. The van der Waals surface area contributed by atoms with Crippen LogP contribution in [0.3, 0.4) is 0 Å². The van der Waals surface area contributed by atoms with Gasteiger partial charge in [-0.2, -0.15) is 0 Å². The monoisotopic (exact) mass is 280 g/mol. The molecule has 0 unspecified atom stereocenters. The smallest absolute Gasteiger partial charge is 0.257 e. The Balaban J connectivity index is 2.05. The van der Waals surface area contributed by atoms with E-state index in [1.54, 1.807) is 17.0 Å². The van der Waals surface area contributed by atoms with Gasteiger partial charge in [-0.25, -0.2) is 0 Å². The Morgan fingerprint density at radius 1 is 1.30 bits per heavy atom. The molecule has 1 aliphatic rings. The molecule has 6 nitrogen and oxygen atoms in total. The van der Waals surface area contributed by atoms with Crippen LogP contribution in [0.15, 0.2) is 18.2 Å². The van der Waals surface area contributed by atoms with Crippen molar-refractivity contribution in [2.75, 3.05) is 46.4 Å². The number of ether oxygens (including phenoxy) is 1. The Bertz CT molecular complexity index is 470. The number of aliphatic hydroxyl groups excluding tert-OH is 1. The Morgan fingerprint density at radius 3 is 2.60 bits per heavy atom. The molecule has 6 heteroatoms. The normalized spacial score (nSPS) is 16.2. The van der Waals surface area contributed by atoms with Crippen molar-refractivity contribution in [2.24, 2.45) is 0 Å². The number of phenolic OH excluding ortho intramolecular Hbond substituents is 1. The molecule has 0 spiro atoms. The summed E-state index contributed by atoms with van der Waals surface area (Å²) in [7, 11) is 1.52. The number of hydrogen-bond donors (Lipinski definition) is 2. The van der Waals surface area contributed by atoms with Crippen LogP contribution in [0.25, 0.3) is 0 Å². The fourth-order valence-corrected chi connectivity index (χ4v) is 2.30. The van der Waals surface area contributed by atoms with E-state index >= 15 is 0 Å². The first-order valence-corrected chi connectivity index (χ1v) is 6.65. The molecule has 2 N–H and O–H groups in total. The fourth-order valence-electron chi connectivity index (χ4n) is 2.30. The maximum Gasteiger partial charge on any atom is 0.257 e. The third-order valence-electron chi connectivity index (χ3n) is 3.51. The van der Waals surface area contributed by atoms with Gasteiger partial charge in [-0.1, -0.05) is 0 Å². The minimum atomic E-state index is -0.190. The highest BCUT2D eigenvalue weighted by Crippen LogP contribution is 2.24. The molecule has 1 aromatic rings. The Labute approximate surface area is 118 Å². The number of aliphatic hydroxyl groups is 1. The van der Waals surface area contributed by atoms with Crippen LogP contribution >= 0.6 is 0 Å². The van der Waals surface area contributed by atoms with Crippen LogP contribution in [0.2, 0.25) is 0 Å². The molecule has 0 atom stereocenters. The quantitative estimate of drug-likeness (QED) is 0.821. The van der Waals surface area contributed by atoms with Crippen LogP contribution in [-0.4, -0.2) is 72.4 Å². The van der Waals surface area contributed by atoms with E-state index in [1.165, 1.54) is 13.2 Å². The van der Waals surface area contributed by atoms with Crippen molar-refractivity contribution in [3.05, 3.63) is 23.8 Å². The Kier molecular flexibility index (Phi) is 4.81. The zero-order valence-electron chi connectivity index (χ0n) is 11.6. The van der Waals surface area contributed by atoms with E-state index in [-0.39, 0.29) is 23.8 Å². The number of carbonyl (C=O) groups is 1. The summed E-state index contributed by atoms with van der Waals surface area (Å²) in [6.45, 7) is 3.41. The second kappa shape index (κ2) is 6.58. The van der Waals surface area contributed by atoms with Crippen LogP contribution in [0.5, 0.6) is 11.5 Å². The number of phenols is 1. The molecule has 1 amide bonds. The summed E-state index contributed by atoms with van der Waals surface area (Å²) in [4.78, 5) is 16.2. The molecule has 1 fully saturated rings. The summed E-state index contributed by atoms with van der Waals surface area (Å²) in [5.41, 5.74) is 0.264. The molecule has 0 saturated carbocycles. The molecular formula is C14H20N2O4. The molecular weight excluding hydrogens is 260 g/mol. The zero-order chi connectivity index (χ0) is 14.5. The zero-order valence-corrected chi connectivity index (χ0v) is 11.6. The SMILES string of the molecule is COc1ccc(O)c(C(=O)N2CCN(CCO)CC2)c1. The van der Waals surface area contributed by atoms with Gasteiger partial charge in [-0.3, -0.25) is 9.69 Å². The number of carbonyl (C=O) groups excluding carboxylic acids is 1. The van der Waals surface area contributed by atoms with E-state index in [9.17, 15) is 9.90 Å². The first-order chi connectivity index (χ1) is 9.65. The lowest BCUT2D eigenvalue weighted by molar-refractivity contribution is 0.0612. The Morgan fingerprint density at radius 2 is 2.00 bits per heavy atom. The fraction of sp³-hybridized carbons (Fsp3) is 0.500. The van der Waals surface area contributed by atoms with Crippen molar-refractivity contribution in [3.8, 4) is 11.5 Å². The van der Waals surface area contributed by atoms with E-state index in [0.717, 1.165) is 13.1 Å². The number of nitrogens with zero attached hydrogens (tertiary/aromatic N) is 2. The van der Waals surface area contributed by atoms with Crippen molar-refractivity contribution < 1.29 is 19.7 Å². The summed E-state index contributed by atoms with van der Waals surface area (Å²) in [6.07, 6.45) is 0. The average molecular weight is 280 g/mol. The van der Waals surface area contributed by atoms with Gasteiger partial charge in [0.15, 0.2) is 0 Å². The van der Waals surface area contributed by atoms with E-state index in [4.69, 9.17) is 9.84 Å². The summed E-state index contributed by atoms with van der Waals surface area (Å²) in [5.74, 6) is 0.323. The number of methoxy groups -OCH3 is 1. The van der Waals surface area contributed by atoms with Crippen LogP contribution < -0.4 is 4.74 Å². The lowest BCUT2D eigenvalue weighted by Crippen LogP contribution is -2.49. The van der Waals surface area contributed by atoms with Gasteiger partial charge in [0.25, 0.3) is 5.91 Å². The number of aromatic hydroxyl groups is 1. The van der Waals surface area contributed by atoms with Crippen molar-refractivity contribution in [1.82, 2.24) is 9.80 Å². The predicted molar refractivity (Wildman–Crippen MR) is 74.1 cm³/mol. The predicted octanol–water partition coefficient (Wildman–Crippen LogP) is 0.151. The lowest BCUT2D eigenvalue weighted by Gasteiger charge is -2.34. The molecule has 0 aromatic heterocycles. The topological polar surface area (TPSA) is 73.2 Å². The summed E-state index contributed by atoms with van der Waals surface area (Å²) >= 11 is 0. The van der Waals surface area contributed by atoms with Gasteiger partial charge in [-0.05, 0) is 18.2 Å². The van der Waals surface area contributed by atoms with Crippen LogP contribution in [0.4, 0.5) is 0 Å². The highest BCUT2D eigenvalue weighted by atomic mass is 16.5. The second-order valence-corrected chi connectivity index (χ2v) is 4.74. The maximum atomic E-state index is 12.4. The van der Waals surface area contributed by atoms with Gasteiger partial charge in [0.05, 0.1) is 19.3 Å². The minimum Gasteiger partial charge on any atom is -0.507 e. The number of benzene rings is 1. The molecule has 0 radical (unpaired) electrons. The Hall–Kier alpha value is -1.79. The lowest BCUT2D eigenvalue weighted by atomic mass is 10.1. The number of rotatable bonds is 4. The van der Waals surface area contributed by atoms with Crippen LogP contribution in [-0.2, 0) is 0 Å². The third kappa shape index (κ3) is 3.20. The summed E-state index contributed by atoms with van der Waals surface area (Å²) in [6, 6.07) is 4.64. The van der Waals surface area contributed by atoms with Gasteiger partial charge < -0.3 is 19.8 Å². The summed E-state index contributed by atoms with van der Waals surface area (Å²) < 4.78 is 5.08. The molecule has 20 heavy (non-hydrogen) atoms. The average Bonchev–Trinajstić information content (AvgIpc) is 2.48. The van der Waals surface area contributed by atoms with Crippen molar-refractivity contribution >= 4 is 5.91 Å². The van der Waals surface area contributed by atoms with Gasteiger partial charge in [0, 0.05) is 32.7 Å². The number of piperazine rings is 1. The molecule has 110 valence electrons. The van der Waals surface area contributed by atoms with Crippen molar-refractivity contribution in [1.29, 1.82) is 0 Å². The molecule has 2 rings (SSSR count). The van der Waals surface area contributed by atoms with Gasteiger partial charge in [0.1, 0.15) is 11.5 Å². The van der Waals surface area contributed by atoms with E-state index < -0.39 is 0 Å². The first-order valence-electron chi connectivity index (χ1n) is 6.65. The molecule has 1 aromatic carbocycles. The van der Waals surface area contributed by atoms with Gasteiger partial charge >= 0.3 is 0 Å². The van der Waals surface area contributed by atoms with E-state index in [1.807, 2.05) is 0 Å². The summed E-state index contributed by atoms with van der Waals surface area (Å²) in [5, 5.41) is 18.7. The third-order valence-corrected chi connectivity index (χ3v) is 3.51. The van der Waals surface area contributed by atoms with Crippen LogP contribution in [0, 0.1) is 0 Å². The highest BCUT2D eigenvalue weighted by molar-refractivity contribution is 5.97. The number of hydrogen-bond acceptors (Lipinski definition) is 5. The van der Waals surface area contributed by atoms with E-state index in [2.05, 4.69) is 4.90 Å². The second-order valence-electron chi connectivity index (χ2n) is 4.74. The molecule has 0 bridgehead atoms. The standard InChI is InChI=1S/C14H20N2O4/c1-20-11-2-3-13(18)12(10-11)14(19)16-6-4-15(5-7-16)8-9-17/h2-3,10,17-18H,4-9H2,1H3. The maximum absolute atomic E-state index is 12.4.